The van der Waals surface area contributed by atoms with Gasteiger partial charge in [0.25, 0.3) is 0 Å². The number of rotatable bonds is 3. The second-order valence-corrected chi connectivity index (χ2v) is 3.66. The van der Waals surface area contributed by atoms with Crippen molar-refractivity contribution >= 4 is 0 Å². The summed E-state index contributed by atoms with van der Waals surface area (Å²) in [6.07, 6.45) is -2.89. The third-order valence-corrected chi connectivity index (χ3v) is 2.35. The normalized spacial score (nSPS) is 11.2. The van der Waals surface area contributed by atoms with Crippen molar-refractivity contribution in [1.82, 2.24) is 4.98 Å². The molecule has 3 nitrogen and oxygen atoms in total. The molecule has 0 aliphatic rings. The predicted molar refractivity (Wildman–Crippen MR) is 62.3 cm³/mol. The summed E-state index contributed by atoms with van der Waals surface area (Å²) in [5, 5.41) is 0. The summed E-state index contributed by atoms with van der Waals surface area (Å²) < 4.78 is 47.3. The molecule has 0 spiro atoms. The molecule has 0 radical (unpaired) electrons. The number of nitrogens with zero attached hydrogens (tertiary/aromatic N) is 1. The molecule has 0 aliphatic carbocycles. The number of pyridine rings is 1. The lowest BCUT2D eigenvalue weighted by atomic mass is 10.2. The number of hydrogen-bond acceptors (Lipinski definition) is 3. The third kappa shape index (κ3) is 3.37. The van der Waals surface area contributed by atoms with Gasteiger partial charge < -0.3 is 9.47 Å². The number of benzene rings is 1. The number of ether oxygens (including phenoxy) is 2. The first kappa shape index (κ1) is 13.2. The summed E-state index contributed by atoms with van der Waals surface area (Å²) in [7, 11) is 1.51. The van der Waals surface area contributed by atoms with E-state index in [0.29, 0.717) is 5.75 Å². The third-order valence-electron chi connectivity index (χ3n) is 2.35. The Morgan fingerprint density at radius 3 is 2.05 bits per heavy atom. The van der Waals surface area contributed by atoms with E-state index in [9.17, 15) is 13.2 Å². The minimum atomic E-state index is -4.35. The minimum absolute atomic E-state index is 0.278. The lowest BCUT2D eigenvalue weighted by molar-refractivity contribution is -0.137. The molecule has 0 atom stereocenters. The van der Waals surface area contributed by atoms with E-state index in [1.807, 2.05) is 0 Å². The Kier molecular flexibility index (Phi) is 3.59. The molecular weight excluding hydrogens is 259 g/mol. The molecule has 0 N–H and O–H groups in total. The van der Waals surface area contributed by atoms with E-state index in [2.05, 4.69) is 4.98 Å². The fourth-order valence-electron chi connectivity index (χ4n) is 1.38. The van der Waals surface area contributed by atoms with Gasteiger partial charge in [0, 0.05) is 6.07 Å². The number of alkyl halides is 3. The Morgan fingerprint density at radius 2 is 1.58 bits per heavy atom. The Labute approximate surface area is 107 Å². The van der Waals surface area contributed by atoms with Crippen molar-refractivity contribution in [3.63, 3.8) is 0 Å². The van der Waals surface area contributed by atoms with Gasteiger partial charge in [0.1, 0.15) is 11.5 Å². The van der Waals surface area contributed by atoms with Crippen LogP contribution in [0.4, 0.5) is 13.2 Å². The van der Waals surface area contributed by atoms with Crippen LogP contribution in [0.1, 0.15) is 5.56 Å². The molecule has 0 unspecified atom stereocenters. The van der Waals surface area contributed by atoms with Crippen LogP contribution < -0.4 is 9.47 Å². The highest BCUT2D eigenvalue weighted by atomic mass is 19.4. The second-order valence-electron chi connectivity index (χ2n) is 3.66. The van der Waals surface area contributed by atoms with E-state index in [4.69, 9.17) is 9.47 Å². The number of halogens is 3. The zero-order chi connectivity index (χ0) is 13.9. The van der Waals surface area contributed by atoms with Crippen molar-refractivity contribution in [3.8, 4) is 17.4 Å². The first-order chi connectivity index (χ1) is 8.99. The molecule has 0 saturated heterocycles. The molecule has 0 bridgehead atoms. The van der Waals surface area contributed by atoms with Crippen molar-refractivity contribution in [1.29, 1.82) is 0 Å². The predicted octanol–water partition coefficient (Wildman–Crippen LogP) is 3.90. The van der Waals surface area contributed by atoms with Gasteiger partial charge in [-0.1, -0.05) is 0 Å². The topological polar surface area (TPSA) is 31.4 Å². The van der Waals surface area contributed by atoms with Crippen molar-refractivity contribution in [2.45, 2.75) is 6.18 Å². The number of hydrogen-bond donors (Lipinski definition) is 0. The maximum Gasteiger partial charge on any atom is 0.416 e. The molecule has 0 amide bonds. The van der Waals surface area contributed by atoms with Gasteiger partial charge in [-0.3, -0.25) is 0 Å². The van der Waals surface area contributed by atoms with Crippen LogP contribution in [0.5, 0.6) is 17.4 Å². The molecule has 6 heteroatoms. The molecule has 2 aromatic rings. The molecule has 2 rings (SSSR count). The van der Waals surface area contributed by atoms with Gasteiger partial charge in [0.2, 0.25) is 5.88 Å². The highest BCUT2D eigenvalue weighted by Crippen LogP contribution is 2.31. The van der Waals surface area contributed by atoms with E-state index < -0.39 is 11.7 Å². The van der Waals surface area contributed by atoms with Crippen LogP contribution in [-0.2, 0) is 6.18 Å². The Bertz CT molecular complexity index is 535. The zero-order valence-corrected chi connectivity index (χ0v) is 9.94. The molecule has 100 valence electrons. The van der Waals surface area contributed by atoms with Crippen LogP contribution in [-0.4, -0.2) is 12.1 Å². The Hall–Kier alpha value is -2.24. The molecule has 1 heterocycles. The maximum atomic E-state index is 12.4. The van der Waals surface area contributed by atoms with Crippen LogP contribution in [0.25, 0.3) is 0 Å². The highest BCUT2D eigenvalue weighted by molar-refractivity contribution is 5.32. The van der Waals surface area contributed by atoms with Crippen molar-refractivity contribution < 1.29 is 22.6 Å². The van der Waals surface area contributed by atoms with Gasteiger partial charge >= 0.3 is 6.18 Å². The average Bonchev–Trinajstić information content (AvgIpc) is 2.39. The minimum Gasteiger partial charge on any atom is -0.495 e. The van der Waals surface area contributed by atoms with Crippen molar-refractivity contribution in [3.05, 3.63) is 48.2 Å². The van der Waals surface area contributed by atoms with Gasteiger partial charge in [-0.05, 0) is 30.3 Å². The lowest BCUT2D eigenvalue weighted by Gasteiger charge is -2.08. The van der Waals surface area contributed by atoms with Crippen LogP contribution in [0.2, 0.25) is 0 Å². The van der Waals surface area contributed by atoms with E-state index >= 15 is 0 Å². The van der Waals surface area contributed by atoms with E-state index in [1.165, 1.54) is 25.4 Å². The standard InChI is InChI=1S/C13H10F3NO2/c1-18-11-6-7-12(17-8-11)19-10-4-2-9(3-5-10)13(14,15)16/h2-8H,1H3. The first-order valence-corrected chi connectivity index (χ1v) is 5.34. The van der Waals surface area contributed by atoms with Gasteiger partial charge in [0.15, 0.2) is 0 Å². The number of methoxy groups -OCH3 is 1. The maximum absolute atomic E-state index is 12.4. The van der Waals surface area contributed by atoms with Crippen LogP contribution in [0.15, 0.2) is 42.6 Å². The molecule has 1 aromatic carbocycles. The highest BCUT2D eigenvalue weighted by Gasteiger charge is 2.30. The van der Waals surface area contributed by atoms with Gasteiger partial charge in [-0.2, -0.15) is 13.2 Å². The summed E-state index contributed by atoms with van der Waals surface area (Å²) in [6.45, 7) is 0. The summed E-state index contributed by atoms with van der Waals surface area (Å²) in [6, 6.07) is 7.62. The van der Waals surface area contributed by atoms with E-state index in [1.54, 1.807) is 12.1 Å². The fraction of sp³-hybridized carbons (Fsp3) is 0.154. The molecule has 1 aromatic heterocycles. The SMILES string of the molecule is COc1ccc(Oc2ccc(C(F)(F)F)cc2)nc1. The van der Waals surface area contributed by atoms with Crippen molar-refractivity contribution in [2.75, 3.05) is 7.11 Å². The van der Waals surface area contributed by atoms with Gasteiger partial charge in [0.05, 0.1) is 18.9 Å². The quantitative estimate of drug-likeness (QED) is 0.846. The smallest absolute Gasteiger partial charge is 0.416 e. The Balaban J connectivity index is 2.10. The summed E-state index contributed by atoms with van der Waals surface area (Å²) in [5.74, 6) is 1.13. The summed E-state index contributed by atoms with van der Waals surface area (Å²) in [4.78, 5) is 3.95. The molecule has 19 heavy (non-hydrogen) atoms. The fourth-order valence-corrected chi connectivity index (χ4v) is 1.38. The van der Waals surface area contributed by atoms with Crippen LogP contribution in [0, 0.1) is 0 Å². The van der Waals surface area contributed by atoms with E-state index in [0.717, 1.165) is 12.1 Å². The van der Waals surface area contributed by atoms with Gasteiger partial charge in [-0.15, -0.1) is 0 Å². The van der Waals surface area contributed by atoms with E-state index in [-0.39, 0.29) is 11.6 Å². The summed E-state index contributed by atoms with van der Waals surface area (Å²) >= 11 is 0. The monoisotopic (exact) mass is 269 g/mol. The number of aromatic nitrogens is 1. The first-order valence-electron chi connectivity index (χ1n) is 5.34. The lowest BCUT2D eigenvalue weighted by Crippen LogP contribution is -2.04. The zero-order valence-electron chi connectivity index (χ0n) is 9.94. The van der Waals surface area contributed by atoms with Gasteiger partial charge in [-0.25, -0.2) is 4.98 Å². The van der Waals surface area contributed by atoms with Crippen LogP contribution >= 0.6 is 0 Å². The second kappa shape index (κ2) is 5.17. The average molecular weight is 269 g/mol. The largest absolute Gasteiger partial charge is 0.495 e. The Morgan fingerprint density at radius 1 is 0.947 bits per heavy atom. The molecule has 0 saturated carbocycles. The summed E-state index contributed by atoms with van der Waals surface area (Å²) in [5.41, 5.74) is -0.720. The van der Waals surface area contributed by atoms with Crippen LogP contribution in [0.3, 0.4) is 0 Å². The molecule has 0 aliphatic heterocycles. The van der Waals surface area contributed by atoms with Crippen molar-refractivity contribution in [2.24, 2.45) is 0 Å². The molecule has 0 fully saturated rings. The molecular formula is C13H10F3NO2.